The number of fused-ring (bicyclic) bond motifs is 1. The van der Waals surface area contributed by atoms with Crippen molar-refractivity contribution in [1.29, 1.82) is 0 Å². The molecule has 1 aliphatic heterocycles. The number of nitro groups is 1. The third-order valence-electron chi connectivity index (χ3n) is 5.58. The maximum Gasteiger partial charge on any atom is 0.257 e. The van der Waals surface area contributed by atoms with E-state index in [0.29, 0.717) is 32.7 Å². The molecule has 5 rings (SSSR count). The van der Waals surface area contributed by atoms with E-state index in [1.165, 1.54) is 0 Å². The van der Waals surface area contributed by atoms with Crippen LogP contribution < -0.4 is 4.74 Å². The first-order chi connectivity index (χ1) is 15.5. The van der Waals surface area contributed by atoms with E-state index in [1.807, 2.05) is 60.7 Å². The van der Waals surface area contributed by atoms with Gasteiger partial charge in [0.15, 0.2) is 6.61 Å². The summed E-state index contributed by atoms with van der Waals surface area (Å²) in [6, 6.07) is 23.1. The third-order valence-corrected chi connectivity index (χ3v) is 6.14. The predicted octanol–water partition coefficient (Wildman–Crippen LogP) is 6.02. The molecule has 3 aromatic carbocycles. The third kappa shape index (κ3) is 3.51. The summed E-state index contributed by atoms with van der Waals surface area (Å²) in [5.41, 5.74) is 3.50. The first kappa shape index (κ1) is 20.5. The summed E-state index contributed by atoms with van der Waals surface area (Å²) in [6.45, 7) is -0.101. The number of rotatable bonds is 4. The zero-order chi connectivity index (χ0) is 22.2. The molecule has 0 radical (unpaired) electrons. The van der Waals surface area contributed by atoms with Crippen molar-refractivity contribution in [1.82, 2.24) is 9.78 Å². The van der Waals surface area contributed by atoms with E-state index >= 15 is 0 Å². The zero-order valence-electron chi connectivity index (χ0n) is 16.7. The van der Waals surface area contributed by atoms with E-state index in [2.05, 4.69) is 0 Å². The molecular weight excluding hydrogens is 449 g/mol. The van der Waals surface area contributed by atoms with Crippen molar-refractivity contribution in [3.63, 3.8) is 0 Å². The Morgan fingerprint density at radius 3 is 2.34 bits per heavy atom. The van der Waals surface area contributed by atoms with Crippen LogP contribution in [0.5, 0.6) is 5.88 Å². The summed E-state index contributed by atoms with van der Waals surface area (Å²) >= 11 is 12.7. The van der Waals surface area contributed by atoms with Gasteiger partial charge in [-0.2, -0.15) is 5.10 Å². The first-order valence-corrected chi connectivity index (χ1v) is 10.7. The molecule has 0 bridgehead atoms. The Morgan fingerprint density at radius 2 is 1.69 bits per heavy atom. The summed E-state index contributed by atoms with van der Waals surface area (Å²) in [6.07, 6.45) is 0. The lowest BCUT2D eigenvalue weighted by molar-refractivity contribution is -0.528. The summed E-state index contributed by atoms with van der Waals surface area (Å²) in [4.78, 5) is 11.8. The molecule has 0 N–H and O–H groups in total. The molecule has 0 aliphatic carbocycles. The van der Waals surface area contributed by atoms with Gasteiger partial charge in [0.25, 0.3) is 6.04 Å². The van der Waals surface area contributed by atoms with Gasteiger partial charge in [-0.05, 0) is 29.8 Å². The summed E-state index contributed by atoms with van der Waals surface area (Å²) in [5, 5.41) is 17.8. The van der Waals surface area contributed by atoms with Gasteiger partial charge in [0.2, 0.25) is 5.88 Å². The average molecular weight is 466 g/mol. The van der Waals surface area contributed by atoms with Gasteiger partial charge in [0.05, 0.1) is 17.2 Å². The number of hydrogen-bond donors (Lipinski definition) is 0. The maximum atomic E-state index is 12.1. The van der Waals surface area contributed by atoms with E-state index in [1.54, 1.807) is 22.9 Å². The first-order valence-electron chi connectivity index (χ1n) is 9.99. The molecular formula is C24H17Cl2N3O3. The average Bonchev–Trinajstić information content (AvgIpc) is 3.20. The van der Waals surface area contributed by atoms with Crippen molar-refractivity contribution in [2.45, 2.75) is 12.0 Å². The number of aromatic nitrogens is 2. The monoisotopic (exact) mass is 465 g/mol. The number of nitrogens with zero attached hydrogens (tertiary/aromatic N) is 3. The molecule has 6 nitrogen and oxygen atoms in total. The molecule has 0 saturated carbocycles. The lowest BCUT2D eigenvalue weighted by Crippen LogP contribution is -2.38. The second-order valence-electron chi connectivity index (χ2n) is 7.49. The van der Waals surface area contributed by atoms with Gasteiger partial charge in [-0.25, -0.2) is 4.68 Å². The van der Waals surface area contributed by atoms with Crippen molar-refractivity contribution in [3.8, 4) is 22.8 Å². The normalized spacial score (nSPS) is 17.4. The SMILES string of the molecule is O=[N+]([O-])[C@H]1COc2c(c(-c3ccccc3)nn2-c2ccccc2)[C@@H]1c1ccc(Cl)cc1Cl. The van der Waals surface area contributed by atoms with Crippen LogP contribution in [0, 0.1) is 10.1 Å². The highest BCUT2D eigenvalue weighted by molar-refractivity contribution is 6.35. The molecule has 2 atom stereocenters. The summed E-state index contributed by atoms with van der Waals surface area (Å²) < 4.78 is 7.69. The highest BCUT2D eigenvalue weighted by Gasteiger charge is 2.45. The van der Waals surface area contributed by atoms with Crippen LogP contribution in [0.3, 0.4) is 0 Å². The van der Waals surface area contributed by atoms with Crippen LogP contribution in [0.1, 0.15) is 17.0 Å². The highest BCUT2D eigenvalue weighted by Crippen LogP contribution is 2.47. The van der Waals surface area contributed by atoms with E-state index in [4.69, 9.17) is 33.0 Å². The predicted molar refractivity (Wildman–Crippen MR) is 124 cm³/mol. The topological polar surface area (TPSA) is 70.2 Å². The van der Waals surface area contributed by atoms with Gasteiger partial charge in [-0.1, -0.05) is 77.8 Å². The molecule has 0 spiro atoms. The Balaban J connectivity index is 1.81. The van der Waals surface area contributed by atoms with Crippen LogP contribution >= 0.6 is 23.2 Å². The number of halogens is 2. The Hall–Kier alpha value is -3.35. The number of ether oxygens (including phenoxy) is 1. The van der Waals surface area contributed by atoms with Gasteiger partial charge in [-0.3, -0.25) is 10.1 Å². The van der Waals surface area contributed by atoms with Crippen LogP contribution in [0.2, 0.25) is 10.0 Å². The molecule has 0 unspecified atom stereocenters. The van der Waals surface area contributed by atoms with Crippen molar-refractivity contribution in [2.24, 2.45) is 0 Å². The van der Waals surface area contributed by atoms with Crippen LogP contribution in [0.15, 0.2) is 78.9 Å². The van der Waals surface area contributed by atoms with Gasteiger partial charge in [0.1, 0.15) is 5.69 Å². The molecule has 1 aliphatic rings. The van der Waals surface area contributed by atoms with Crippen molar-refractivity contribution < 1.29 is 9.66 Å². The van der Waals surface area contributed by atoms with E-state index < -0.39 is 12.0 Å². The largest absolute Gasteiger partial charge is 0.470 e. The minimum atomic E-state index is -1.03. The minimum absolute atomic E-state index is 0.101. The van der Waals surface area contributed by atoms with E-state index in [-0.39, 0.29) is 11.5 Å². The van der Waals surface area contributed by atoms with Gasteiger partial charge in [-0.15, -0.1) is 0 Å². The Kier molecular flexibility index (Phi) is 5.33. The Morgan fingerprint density at radius 1 is 1.00 bits per heavy atom. The lowest BCUT2D eigenvalue weighted by Gasteiger charge is -2.28. The second kappa shape index (κ2) is 8.30. The fraction of sp³-hybridized carbons (Fsp3) is 0.125. The van der Waals surface area contributed by atoms with Crippen molar-refractivity contribution in [2.75, 3.05) is 6.61 Å². The molecule has 4 aromatic rings. The van der Waals surface area contributed by atoms with Crippen LogP contribution in [-0.4, -0.2) is 27.4 Å². The number of hydrogen-bond acceptors (Lipinski definition) is 4. The molecule has 32 heavy (non-hydrogen) atoms. The van der Waals surface area contributed by atoms with Gasteiger partial charge in [0, 0.05) is 20.5 Å². The Bertz CT molecular complexity index is 1290. The molecule has 0 fully saturated rings. The number of benzene rings is 3. The fourth-order valence-electron chi connectivity index (χ4n) is 4.14. The summed E-state index contributed by atoms with van der Waals surface area (Å²) in [7, 11) is 0. The molecule has 2 heterocycles. The van der Waals surface area contributed by atoms with E-state index in [9.17, 15) is 10.1 Å². The zero-order valence-corrected chi connectivity index (χ0v) is 18.2. The Labute approximate surface area is 194 Å². The fourth-order valence-corrected chi connectivity index (χ4v) is 4.67. The van der Waals surface area contributed by atoms with E-state index in [0.717, 1.165) is 11.3 Å². The van der Waals surface area contributed by atoms with Crippen molar-refractivity contribution >= 4 is 23.2 Å². The standard InChI is InChI=1S/C24H17Cl2N3O3/c25-16-11-12-18(19(26)13-16)21-20(29(30)31)14-32-24-22(21)23(15-7-3-1-4-8-15)27-28(24)17-9-5-2-6-10-17/h1-13,20-21H,14H2/t20-,21+/m0/s1. The van der Waals surface area contributed by atoms with Crippen LogP contribution in [0.4, 0.5) is 0 Å². The molecule has 0 amide bonds. The summed E-state index contributed by atoms with van der Waals surface area (Å²) in [5.74, 6) is -0.185. The van der Waals surface area contributed by atoms with Gasteiger partial charge < -0.3 is 4.74 Å². The van der Waals surface area contributed by atoms with Crippen LogP contribution in [0.25, 0.3) is 16.9 Å². The molecule has 8 heteroatoms. The maximum absolute atomic E-state index is 12.1. The molecule has 0 saturated heterocycles. The molecule has 1 aromatic heterocycles. The highest BCUT2D eigenvalue weighted by atomic mass is 35.5. The lowest BCUT2D eigenvalue weighted by atomic mass is 9.83. The molecule has 160 valence electrons. The number of para-hydroxylation sites is 1. The van der Waals surface area contributed by atoms with Gasteiger partial charge >= 0.3 is 0 Å². The smallest absolute Gasteiger partial charge is 0.257 e. The second-order valence-corrected chi connectivity index (χ2v) is 8.33. The van der Waals surface area contributed by atoms with Crippen molar-refractivity contribution in [3.05, 3.63) is 110 Å². The quantitative estimate of drug-likeness (QED) is 0.273. The minimum Gasteiger partial charge on any atom is -0.470 e. The van der Waals surface area contributed by atoms with Crippen LogP contribution in [-0.2, 0) is 0 Å².